The van der Waals surface area contributed by atoms with E-state index in [2.05, 4.69) is 16.8 Å². The van der Waals surface area contributed by atoms with Crippen LogP contribution in [-0.4, -0.2) is 18.1 Å². The SMILES string of the molecule is Cc1cnc(CCl)c(Cl)c1N1CCCCC1.Cl. The van der Waals surface area contributed by atoms with Crippen LogP contribution in [0.15, 0.2) is 6.20 Å². The van der Waals surface area contributed by atoms with E-state index in [0.29, 0.717) is 5.88 Å². The Morgan fingerprint density at radius 2 is 1.94 bits per heavy atom. The van der Waals surface area contributed by atoms with Crippen molar-refractivity contribution in [3.63, 3.8) is 0 Å². The van der Waals surface area contributed by atoms with Crippen LogP contribution in [0.1, 0.15) is 30.5 Å². The number of rotatable bonds is 2. The van der Waals surface area contributed by atoms with Crippen molar-refractivity contribution in [2.24, 2.45) is 0 Å². The highest BCUT2D eigenvalue weighted by Gasteiger charge is 2.18. The lowest BCUT2D eigenvalue weighted by molar-refractivity contribution is 0.576. The van der Waals surface area contributed by atoms with E-state index in [1.165, 1.54) is 19.3 Å². The van der Waals surface area contributed by atoms with E-state index in [4.69, 9.17) is 23.2 Å². The minimum Gasteiger partial charge on any atom is -0.370 e. The molecule has 1 aliphatic rings. The molecule has 1 saturated heterocycles. The number of hydrogen-bond acceptors (Lipinski definition) is 2. The smallest absolute Gasteiger partial charge is 0.0869 e. The zero-order valence-corrected chi connectivity index (χ0v) is 12.2. The molecule has 0 saturated carbocycles. The molecule has 5 heteroatoms. The topological polar surface area (TPSA) is 16.1 Å². The largest absolute Gasteiger partial charge is 0.370 e. The fourth-order valence-electron chi connectivity index (χ4n) is 2.20. The molecule has 0 unspecified atom stereocenters. The molecule has 0 atom stereocenters. The van der Waals surface area contributed by atoms with Gasteiger partial charge >= 0.3 is 0 Å². The Kier molecular flexibility index (Phi) is 5.84. The first-order valence-electron chi connectivity index (χ1n) is 5.69. The Morgan fingerprint density at radius 3 is 2.53 bits per heavy atom. The van der Waals surface area contributed by atoms with Gasteiger partial charge in [-0.1, -0.05) is 11.6 Å². The normalized spacial score (nSPS) is 15.6. The third-order valence-electron chi connectivity index (χ3n) is 3.05. The summed E-state index contributed by atoms with van der Waals surface area (Å²) in [5, 5.41) is 0.733. The van der Waals surface area contributed by atoms with Gasteiger partial charge in [-0.05, 0) is 31.7 Å². The fourth-order valence-corrected chi connectivity index (χ4v) is 2.86. The van der Waals surface area contributed by atoms with Crippen molar-refractivity contribution in [3.8, 4) is 0 Å². The maximum absolute atomic E-state index is 6.36. The molecule has 0 N–H and O–H groups in total. The molecule has 17 heavy (non-hydrogen) atoms. The molecule has 0 aliphatic carbocycles. The number of nitrogens with zero attached hydrogens (tertiary/aromatic N) is 2. The Balaban J connectivity index is 0.00000144. The van der Waals surface area contributed by atoms with Crippen LogP contribution in [0.5, 0.6) is 0 Å². The van der Waals surface area contributed by atoms with E-state index in [9.17, 15) is 0 Å². The highest BCUT2D eigenvalue weighted by Crippen LogP contribution is 2.33. The summed E-state index contributed by atoms with van der Waals surface area (Å²) in [5.41, 5.74) is 3.06. The van der Waals surface area contributed by atoms with Crippen molar-refractivity contribution >= 4 is 41.3 Å². The molecule has 2 nitrogen and oxygen atoms in total. The number of aryl methyl sites for hydroxylation is 1. The molecule has 0 aromatic carbocycles. The van der Waals surface area contributed by atoms with Gasteiger partial charge in [-0.25, -0.2) is 0 Å². The molecule has 0 bridgehead atoms. The molecule has 1 aromatic heterocycles. The second-order valence-electron chi connectivity index (χ2n) is 4.23. The molecule has 0 radical (unpaired) electrons. The van der Waals surface area contributed by atoms with E-state index >= 15 is 0 Å². The summed E-state index contributed by atoms with van der Waals surface area (Å²) in [6.45, 7) is 4.24. The zero-order valence-electron chi connectivity index (χ0n) is 9.88. The van der Waals surface area contributed by atoms with E-state index in [1.54, 1.807) is 0 Å². The first kappa shape index (κ1) is 14.9. The van der Waals surface area contributed by atoms with Crippen molar-refractivity contribution in [1.82, 2.24) is 4.98 Å². The summed E-state index contributed by atoms with van der Waals surface area (Å²) in [6.07, 6.45) is 5.68. The molecule has 0 spiro atoms. The van der Waals surface area contributed by atoms with Crippen molar-refractivity contribution in [2.45, 2.75) is 32.1 Å². The molecule has 2 heterocycles. The van der Waals surface area contributed by atoms with Gasteiger partial charge in [0, 0.05) is 19.3 Å². The number of aromatic nitrogens is 1. The molecular weight excluding hydrogens is 279 g/mol. The van der Waals surface area contributed by atoms with Crippen LogP contribution in [0, 0.1) is 6.92 Å². The molecule has 1 aliphatic heterocycles. The molecule has 1 aromatic rings. The maximum atomic E-state index is 6.36. The van der Waals surface area contributed by atoms with E-state index in [1.807, 2.05) is 6.20 Å². The first-order valence-corrected chi connectivity index (χ1v) is 6.60. The number of halogens is 3. The Bertz CT molecular complexity index is 376. The molecule has 0 amide bonds. The highest BCUT2D eigenvalue weighted by atomic mass is 35.5. The predicted molar refractivity (Wildman–Crippen MR) is 76.9 cm³/mol. The average molecular weight is 296 g/mol. The van der Waals surface area contributed by atoms with Crippen LogP contribution in [0.4, 0.5) is 5.69 Å². The third-order valence-corrected chi connectivity index (χ3v) is 3.70. The summed E-state index contributed by atoms with van der Waals surface area (Å²) >= 11 is 12.2. The number of alkyl halides is 1. The molecule has 96 valence electrons. The summed E-state index contributed by atoms with van der Waals surface area (Å²) in [7, 11) is 0. The van der Waals surface area contributed by atoms with E-state index in [0.717, 1.165) is 35.1 Å². The van der Waals surface area contributed by atoms with Crippen LogP contribution in [0.2, 0.25) is 5.02 Å². The standard InChI is InChI=1S/C12H16Cl2N2.ClH/c1-9-8-15-10(7-13)11(14)12(9)16-5-3-2-4-6-16;/h8H,2-7H2,1H3;1H. The van der Waals surface area contributed by atoms with Crippen LogP contribution >= 0.6 is 35.6 Å². The lowest BCUT2D eigenvalue weighted by Crippen LogP contribution is -2.30. The minimum absolute atomic E-state index is 0. The number of hydrogen-bond donors (Lipinski definition) is 0. The molecular formula is C12H17Cl3N2. The van der Waals surface area contributed by atoms with E-state index in [-0.39, 0.29) is 12.4 Å². The van der Waals surface area contributed by atoms with Gasteiger partial charge in [0.1, 0.15) is 0 Å². The van der Waals surface area contributed by atoms with Gasteiger partial charge in [0.2, 0.25) is 0 Å². The fraction of sp³-hybridized carbons (Fsp3) is 0.583. The molecule has 1 fully saturated rings. The lowest BCUT2D eigenvalue weighted by Gasteiger charge is -2.31. The summed E-state index contributed by atoms with van der Waals surface area (Å²) in [6, 6.07) is 0. The van der Waals surface area contributed by atoms with Gasteiger partial charge < -0.3 is 4.90 Å². The quantitative estimate of drug-likeness (QED) is 0.760. The summed E-state index contributed by atoms with van der Waals surface area (Å²) < 4.78 is 0. The van der Waals surface area contributed by atoms with Gasteiger partial charge in [0.05, 0.1) is 22.3 Å². The Labute approximate surface area is 119 Å². The van der Waals surface area contributed by atoms with Gasteiger partial charge in [-0.15, -0.1) is 24.0 Å². The van der Waals surface area contributed by atoms with Crippen molar-refractivity contribution in [2.75, 3.05) is 18.0 Å². The second kappa shape index (κ2) is 6.67. The highest BCUT2D eigenvalue weighted by molar-refractivity contribution is 6.34. The second-order valence-corrected chi connectivity index (χ2v) is 4.88. The zero-order chi connectivity index (χ0) is 11.5. The van der Waals surface area contributed by atoms with Crippen LogP contribution in [-0.2, 0) is 5.88 Å². The monoisotopic (exact) mass is 294 g/mol. The number of anilines is 1. The lowest BCUT2D eigenvalue weighted by atomic mass is 10.1. The number of piperidine rings is 1. The van der Waals surface area contributed by atoms with Crippen molar-refractivity contribution in [1.29, 1.82) is 0 Å². The number of pyridine rings is 1. The Morgan fingerprint density at radius 1 is 1.29 bits per heavy atom. The minimum atomic E-state index is 0. The van der Waals surface area contributed by atoms with Crippen LogP contribution in [0.3, 0.4) is 0 Å². The predicted octanol–water partition coefficient (Wildman–Crippen LogP) is 4.19. The first-order chi connectivity index (χ1) is 7.74. The maximum Gasteiger partial charge on any atom is 0.0869 e. The van der Waals surface area contributed by atoms with E-state index < -0.39 is 0 Å². The third kappa shape index (κ3) is 3.18. The summed E-state index contributed by atoms with van der Waals surface area (Å²) in [4.78, 5) is 6.62. The Hall–Kier alpha value is -0.180. The summed E-state index contributed by atoms with van der Waals surface area (Å²) in [5.74, 6) is 0.375. The van der Waals surface area contributed by atoms with Gasteiger partial charge in [0.15, 0.2) is 0 Å². The molecule has 2 rings (SSSR count). The average Bonchev–Trinajstić information content (AvgIpc) is 2.31. The van der Waals surface area contributed by atoms with Gasteiger partial charge in [-0.2, -0.15) is 0 Å². The van der Waals surface area contributed by atoms with Crippen molar-refractivity contribution < 1.29 is 0 Å². The van der Waals surface area contributed by atoms with Gasteiger partial charge in [0.25, 0.3) is 0 Å². The van der Waals surface area contributed by atoms with Crippen LogP contribution in [0.25, 0.3) is 0 Å². The van der Waals surface area contributed by atoms with Crippen LogP contribution < -0.4 is 4.90 Å². The van der Waals surface area contributed by atoms with Gasteiger partial charge in [-0.3, -0.25) is 4.98 Å². The van der Waals surface area contributed by atoms with Crippen molar-refractivity contribution in [3.05, 3.63) is 22.5 Å².